The average molecular weight is 362 g/mol. The maximum Gasteiger partial charge on any atom is 0.261 e. The molecule has 0 unspecified atom stereocenters. The van der Waals surface area contributed by atoms with E-state index in [0.29, 0.717) is 17.3 Å². The van der Waals surface area contributed by atoms with E-state index in [1.165, 1.54) is 6.20 Å². The molecule has 0 fully saturated rings. The van der Waals surface area contributed by atoms with Crippen molar-refractivity contribution in [2.24, 2.45) is 0 Å². The minimum absolute atomic E-state index is 0.221. The van der Waals surface area contributed by atoms with Crippen LogP contribution in [0.15, 0.2) is 65.8 Å². The molecule has 0 aliphatic heterocycles. The van der Waals surface area contributed by atoms with E-state index in [1.807, 2.05) is 19.1 Å². The Labute approximate surface area is 145 Å². The zero-order chi connectivity index (χ0) is 17.2. The van der Waals surface area contributed by atoms with Crippen molar-refractivity contribution >= 4 is 27.3 Å². The van der Waals surface area contributed by atoms with E-state index in [1.54, 1.807) is 47.3 Å². The first kappa shape index (κ1) is 16.5. The topological polar surface area (TPSA) is 64.0 Å². The number of nitrogens with zero attached hydrogens (tertiary/aromatic N) is 2. The molecule has 0 aliphatic carbocycles. The Morgan fingerprint density at radius 3 is 2.42 bits per heavy atom. The minimum atomic E-state index is -3.62. The van der Waals surface area contributed by atoms with Crippen LogP contribution in [-0.4, -0.2) is 18.2 Å². The molecule has 2 aromatic carbocycles. The van der Waals surface area contributed by atoms with Crippen LogP contribution in [0.4, 0.5) is 5.69 Å². The second-order valence-electron chi connectivity index (χ2n) is 5.47. The highest BCUT2D eigenvalue weighted by Crippen LogP contribution is 2.17. The molecule has 0 bridgehead atoms. The summed E-state index contributed by atoms with van der Waals surface area (Å²) in [5.41, 5.74) is 2.45. The zero-order valence-electron chi connectivity index (χ0n) is 13.0. The van der Waals surface area contributed by atoms with Gasteiger partial charge in [0.2, 0.25) is 0 Å². The van der Waals surface area contributed by atoms with E-state index in [2.05, 4.69) is 9.82 Å². The number of rotatable bonds is 5. The van der Waals surface area contributed by atoms with Gasteiger partial charge in [0.25, 0.3) is 10.0 Å². The van der Waals surface area contributed by atoms with Crippen LogP contribution in [0.5, 0.6) is 0 Å². The second-order valence-corrected chi connectivity index (χ2v) is 7.59. The van der Waals surface area contributed by atoms with Crippen molar-refractivity contribution in [2.75, 3.05) is 4.72 Å². The van der Waals surface area contributed by atoms with Gasteiger partial charge in [-0.25, -0.2) is 8.42 Å². The van der Waals surface area contributed by atoms with Gasteiger partial charge in [-0.1, -0.05) is 41.4 Å². The van der Waals surface area contributed by atoms with Crippen molar-refractivity contribution in [3.05, 3.63) is 77.1 Å². The number of anilines is 1. The lowest BCUT2D eigenvalue weighted by Crippen LogP contribution is -2.12. The molecule has 0 atom stereocenters. The average Bonchev–Trinajstić information content (AvgIpc) is 2.96. The Bertz CT molecular complexity index is 933. The van der Waals surface area contributed by atoms with Gasteiger partial charge in [0, 0.05) is 11.2 Å². The van der Waals surface area contributed by atoms with Gasteiger partial charge < -0.3 is 0 Å². The van der Waals surface area contributed by atoms with E-state index in [-0.39, 0.29) is 4.90 Å². The summed E-state index contributed by atoms with van der Waals surface area (Å²) in [4.78, 5) is 0.221. The Hall–Kier alpha value is -2.31. The number of sulfonamides is 1. The maximum absolute atomic E-state index is 12.4. The maximum atomic E-state index is 12.4. The smallest absolute Gasteiger partial charge is 0.261 e. The molecule has 124 valence electrons. The molecule has 0 saturated heterocycles. The lowest BCUT2D eigenvalue weighted by molar-refractivity contribution is 0.601. The van der Waals surface area contributed by atoms with Gasteiger partial charge in [-0.3, -0.25) is 9.40 Å². The number of nitrogens with one attached hydrogen (secondary N) is 1. The molecular weight excluding hydrogens is 346 g/mol. The molecule has 3 rings (SSSR count). The number of halogens is 1. The number of aryl methyl sites for hydroxylation is 1. The Morgan fingerprint density at radius 2 is 1.75 bits per heavy atom. The minimum Gasteiger partial charge on any atom is -0.276 e. The summed E-state index contributed by atoms with van der Waals surface area (Å²) in [5.74, 6) is 0. The summed E-state index contributed by atoms with van der Waals surface area (Å²) >= 11 is 5.86. The first-order chi connectivity index (χ1) is 11.4. The summed E-state index contributed by atoms with van der Waals surface area (Å²) in [6.45, 7) is 2.44. The summed E-state index contributed by atoms with van der Waals surface area (Å²) in [6, 6.07) is 14.1. The van der Waals surface area contributed by atoms with Crippen LogP contribution in [0.2, 0.25) is 5.02 Å². The SMILES string of the molecule is Cc1ccc(S(=O)(=O)Nc2cnn(Cc3ccc(Cl)cc3)c2)cc1. The third-order valence-corrected chi connectivity index (χ3v) is 5.12. The van der Waals surface area contributed by atoms with Crippen molar-refractivity contribution in [1.29, 1.82) is 0 Å². The van der Waals surface area contributed by atoms with Crippen LogP contribution in [0.1, 0.15) is 11.1 Å². The molecule has 1 N–H and O–H groups in total. The van der Waals surface area contributed by atoms with Crippen LogP contribution >= 0.6 is 11.6 Å². The zero-order valence-corrected chi connectivity index (χ0v) is 14.6. The Balaban J connectivity index is 1.73. The summed E-state index contributed by atoms with van der Waals surface area (Å²) in [7, 11) is -3.62. The quantitative estimate of drug-likeness (QED) is 0.753. The summed E-state index contributed by atoms with van der Waals surface area (Å²) in [5, 5.41) is 4.85. The van der Waals surface area contributed by atoms with Crippen molar-refractivity contribution in [2.45, 2.75) is 18.4 Å². The molecule has 0 amide bonds. The van der Waals surface area contributed by atoms with E-state index in [0.717, 1.165) is 11.1 Å². The standard InChI is InChI=1S/C17H16ClN3O2S/c1-13-2-8-17(9-3-13)24(22,23)20-16-10-19-21(12-16)11-14-4-6-15(18)7-5-14/h2-10,12,20H,11H2,1H3. The number of benzene rings is 2. The number of hydrogen-bond acceptors (Lipinski definition) is 3. The lowest BCUT2D eigenvalue weighted by Gasteiger charge is -2.06. The molecule has 0 spiro atoms. The van der Waals surface area contributed by atoms with Gasteiger partial charge in [0.1, 0.15) is 0 Å². The first-order valence-electron chi connectivity index (χ1n) is 7.29. The normalized spacial score (nSPS) is 11.4. The van der Waals surface area contributed by atoms with Crippen molar-refractivity contribution < 1.29 is 8.42 Å². The largest absolute Gasteiger partial charge is 0.276 e. The van der Waals surface area contributed by atoms with Gasteiger partial charge in [-0.05, 0) is 36.8 Å². The summed E-state index contributed by atoms with van der Waals surface area (Å²) < 4.78 is 28.9. The molecule has 3 aromatic rings. The first-order valence-corrected chi connectivity index (χ1v) is 9.15. The van der Waals surface area contributed by atoms with Crippen molar-refractivity contribution in [3.63, 3.8) is 0 Å². The fraction of sp³-hybridized carbons (Fsp3) is 0.118. The van der Waals surface area contributed by atoms with Gasteiger partial charge >= 0.3 is 0 Å². The summed E-state index contributed by atoms with van der Waals surface area (Å²) in [6.07, 6.45) is 3.14. The van der Waals surface area contributed by atoms with Crippen LogP contribution in [0.3, 0.4) is 0 Å². The molecule has 1 heterocycles. The van der Waals surface area contributed by atoms with E-state index >= 15 is 0 Å². The Kier molecular flexibility index (Phi) is 4.59. The molecule has 0 radical (unpaired) electrons. The highest BCUT2D eigenvalue weighted by atomic mass is 35.5. The highest BCUT2D eigenvalue weighted by molar-refractivity contribution is 7.92. The third-order valence-electron chi connectivity index (χ3n) is 3.47. The van der Waals surface area contributed by atoms with Gasteiger partial charge in [-0.2, -0.15) is 5.10 Å². The third kappa shape index (κ3) is 3.96. The van der Waals surface area contributed by atoms with Crippen LogP contribution < -0.4 is 4.72 Å². The van der Waals surface area contributed by atoms with Crippen LogP contribution in [-0.2, 0) is 16.6 Å². The molecular formula is C17H16ClN3O2S. The Morgan fingerprint density at radius 1 is 1.08 bits per heavy atom. The number of aromatic nitrogens is 2. The van der Waals surface area contributed by atoms with Crippen molar-refractivity contribution in [3.8, 4) is 0 Å². The second kappa shape index (κ2) is 6.67. The monoisotopic (exact) mass is 361 g/mol. The molecule has 1 aromatic heterocycles. The molecule has 5 nitrogen and oxygen atoms in total. The fourth-order valence-electron chi connectivity index (χ4n) is 2.21. The van der Waals surface area contributed by atoms with Gasteiger partial charge in [0.05, 0.1) is 23.3 Å². The fourth-order valence-corrected chi connectivity index (χ4v) is 3.37. The molecule has 0 aliphatic rings. The molecule has 24 heavy (non-hydrogen) atoms. The lowest BCUT2D eigenvalue weighted by atomic mass is 10.2. The molecule has 7 heteroatoms. The van der Waals surface area contributed by atoms with E-state index < -0.39 is 10.0 Å². The van der Waals surface area contributed by atoms with Crippen LogP contribution in [0, 0.1) is 6.92 Å². The van der Waals surface area contributed by atoms with Gasteiger partial charge in [0.15, 0.2) is 0 Å². The van der Waals surface area contributed by atoms with Crippen molar-refractivity contribution in [1.82, 2.24) is 9.78 Å². The number of hydrogen-bond donors (Lipinski definition) is 1. The van der Waals surface area contributed by atoms with Gasteiger partial charge in [-0.15, -0.1) is 0 Å². The predicted octanol–water partition coefficient (Wildman–Crippen LogP) is 3.69. The van der Waals surface area contributed by atoms with E-state index in [9.17, 15) is 8.42 Å². The van der Waals surface area contributed by atoms with E-state index in [4.69, 9.17) is 11.6 Å². The highest BCUT2D eigenvalue weighted by Gasteiger charge is 2.14. The molecule has 0 saturated carbocycles. The predicted molar refractivity (Wildman–Crippen MR) is 94.8 cm³/mol. The van der Waals surface area contributed by atoms with Crippen LogP contribution in [0.25, 0.3) is 0 Å².